The molecular weight excluding hydrogens is 226 g/mol. The fourth-order valence-corrected chi connectivity index (χ4v) is 2.44. The van der Waals surface area contributed by atoms with Gasteiger partial charge in [0.15, 0.2) is 0 Å². The van der Waals surface area contributed by atoms with Gasteiger partial charge in [-0.15, -0.1) is 0 Å². The van der Waals surface area contributed by atoms with E-state index in [9.17, 15) is 0 Å². The Balaban J connectivity index is 1.50. The fraction of sp³-hybridized carbons (Fsp3) is 0.500. The third-order valence-corrected chi connectivity index (χ3v) is 3.51. The highest BCUT2D eigenvalue weighted by Crippen LogP contribution is 2.12. The number of ether oxygens (including phenoxy) is 1. The molecule has 1 saturated heterocycles. The molecule has 18 heavy (non-hydrogen) atoms. The van der Waals surface area contributed by atoms with Gasteiger partial charge in [0.05, 0.1) is 24.9 Å². The van der Waals surface area contributed by atoms with Gasteiger partial charge in [-0.1, -0.05) is 18.2 Å². The first-order valence-electron chi connectivity index (χ1n) is 6.62. The molecule has 96 valence electrons. The van der Waals surface area contributed by atoms with Crippen LogP contribution >= 0.6 is 0 Å². The zero-order valence-corrected chi connectivity index (χ0v) is 10.5. The predicted octanol–water partition coefficient (Wildman–Crippen LogP) is 1.66. The van der Waals surface area contributed by atoms with E-state index in [1.165, 1.54) is 17.3 Å². The van der Waals surface area contributed by atoms with Gasteiger partial charge in [0.25, 0.3) is 0 Å². The first-order chi connectivity index (χ1) is 8.93. The normalized spacial score (nSPS) is 19.7. The van der Waals surface area contributed by atoms with Crippen LogP contribution in [0.4, 0.5) is 0 Å². The van der Waals surface area contributed by atoms with E-state index in [-0.39, 0.29) is 0 Å². The molecule has 1 aromatic carbocycles. The number of nitrogens with zero attached hydrogens (tertiary/aromatic N) is 2. The Hall–Kier alpha value is -1.39. The summed E-state index contributed by atoms with van der Waals surface area (Å²) in [5.74, 6) is 0.694. The third kappa shape index (κ3) is 2.54. The first kappa shape index (κ1) is 11.7. The largest absolute Gasteiger partial charge is 0.381 e. The molecule has 1 N–H and O–H groups in total. The van der Waals surface area contributed by atoms with Gasteiger partial charge in [-0.2, -0.15) is 5.10 Å². The van der Waals surface area contributed by atoms with Crippen LogP contribution in [0, 0.1) is 5.92 Å². The van der Waals surface area contributed by atoms with E-state index < -0.39 is 0 Å². The van der Waals surface area contributed by atoms with Crippen molar-refractivity contribution in [1.29, 1.82) is 0 Å². The molecule has 0 radical (unpaired) electrons. The minimum atomic E-state index is 0.694. The molecule has 0 aliphatic carbocycles. The molecule has 1 aliphatic rings. The Morgan fingerprint density at radius 3 is 3.22 bits per heavy atom. The molecule has 1 unspecified atom stereocenters. The van der Waals surface area contributed by atoms with Crippen LogP contribution in [0.2, 0.25) is 0 Å². The average Bonchev–Trinajstić information content (AvgIpc) is 3.04. The zero-order chi connectivity index (χ0) is 12.2. The van der Waals surface area contributed by atoms with Crippen LogP contribution in [-0.2, 0) is 11.3 Å². The molecule has 1 aliphatic heterocycles. The van der Waals surface area contributed by atoms with E-state index in [0.29, 0.717) is 5.92 Å². The molecule has 1 aromatic heterocycles. The third-order valence-electron chi connectivity index (χ3n) is 3.51. The van der Waals surface area contributed by atoms with Crippen LogP contribution in [0.3, 0.4) is 0 Å². The second-order valence-electron chi connectivity index (χ2n) is 4.86. The average molecular weight is 245 g/mol. The Bertz CT molecular complexity index is 502. The maximum Gasteiger partial charge on any atom is 0.0682 e. The molecule has 4 nitrogen and oxygen atoms in total. The molecule has 2 aromatic rings. The number of aromatic nitrogens is 2. The molecule has 0 saturated carbocycles. The number of fused-ring (bicyclic) bond motifs is 1. The van der Waals surface area contributed by atoms with Crippen molar-refractivity contribution in [1.82, 2.24) is 15.1 Å². The van der Waals surface area contributed by atoms with Crippen molar-refractivity contribution in [2.75, 3.05) is 26.3 Å². The van der Waals surface area contributed by atoms with Gasteiger partial charge in [0.2, 0.25) is 0 Å². The number of rotatable bonds is 5. The number of nitrogens with one attached hydrogen (secondary N) is 1. The van der Waals surface area contributed by atoms with Gasteiger partial charge in [-0.25, -0.2) is 0 Å². The Morgan fingerprint density at radius 2 is 2.33 bits per heavy atom. The quantitative estimate of drug-likeness (QED) is 0.814. The highest BCUT2D eigenvalue weighted by molar-refractivity contribution is 5.78. The van der Waals surface area contributed by atoms with Gasteiger partial charge in [0.1, 0.15) is 0 Å². The van der Waals surface area contributed by atoms with Gasteiger partial charge < -0.3 is 10.1 Å². The zero-order valence-electron chi connectivity index (χ0n) is 10.5. The maximum absolute atomic E-state index is 5.36. The standard InChI is InChI=1S/C14H19N3O/c1-2-4-14-13(3-1)10-16-17(14)7-6-15-9-12-5-8-18-11-12/h1-4,10,12,15H,5-9,11H2. The number of para-hydroxylation sites is 1. The topological polar surface area (TPSA) is 39.1 Å². The lowest BCUT2D eigenvalue weighted by Crippen LogP contribution is -2.26. The van der Waals surface area contributed by atoms with Crippen molar-refractivity contribution in [3.05, 3.63) is 30.5 Å². The molecule has 0 spiro atoms. The van der Waals surface area contributed by atoms with E-state index >= 15 is 0 Å². The molecular formula is C14H19N3O. The maximum atomic E-state index is 5.36. The lowest BCUT2D eigenvalue weighted by molar-refractivity contribution is 0.185. The van der Waals surface area contributed by atoms with E-state index in [1.807, 2.05) is 12.3 Å². The van der Waals surface area contributed by atoms with E-state index in [2.05, 4.69) is 33.3 Å². The lowest BCUT2D eigenvalue weighted by atomic mass is 10.1. The summed E-state index contributed by atoms with van der Waals surface area (Å²) in [4.78, 5) is 0. The smallest absolute Gasteiger partial charge is 0.0682 e. The molecule has 2 heterocycles. The van der Waals surface area contributed by atoms with Gasteiger partial charge in [-0.05, 0) is 18.4 Å². The Labute approximate surface area is 107 Å². The highest BCUT2D eigenvalue weighted by Gasteiger charge is 2.14. The minimum absolute atomic E-state index is 0.694. The molecule has 1 fully saturated rings. The van der Waals surface area contributed by atoms with Gasteiger partial charge in [0, 0.05) is 25.1 Å². The summed E-state index contributed by atoms with van der Waals surface area (Å²) >= 11 is 0. The monoisotopic (exact) mass is 245 g/mol. The minimum Gasteiger partial charge on any atom is -0.381 e. The van der Waals surface area contributed by atoms with Crippen LogP contribution < -0.4 is 5.32 Å². The van der Waals surface area contributed by atoms with Crippen LogP contribution in [-0.4, -0.2) is 36.1 Å². The van der Waals surface area contributed by atoms with Crippen molar-refractivity contribution >= 4 is 10.9 Å². The summed E-state index contributed by atoms with van der Waals surface area (Å²) in [6.07, 6.45) is 3.12. The molecule has 0 bridgehead atoms. The first-order valence-corrected chi connectivity index (χ1v) is 6.62. The molecule has 4 heteroatoms. The van der Waals surface area contributed by atoms with Gasteiger partial charge >= 0.3 is 0 Å². The van der Waals surface area contributed by atoms with Gasteiger partial charge in [-0.3, -0.25) is 4.68 Å². The van der Waals surface area contributed by atoms with Crippen molar-refractivity contribution in [3.63, 3.8) is 0 Å². The molecule has 3 rings (SSSR count). The molecule has 1 atom stereocenters. The Morgan fingerprint density at radius 1 is 1.39 bits per heavy atom. The second kappa shape index (κ2) is 5.50. The summed E-state index contributed by atoms with van der Waals surface area (Å²) < 4.78 is 7.42. The van der Waals surface area contributed by atoms with Crippen LogP contribution in [0.15, 0.2) is 30.5 Å². The highest BCUT2D eigenvalue weighted by atomic mass is 16.5. The van der Waals surface area contributed by atoms with Crippen molar-refractivity contribution in [3.8, 4) is 0 Å². The summed E-state index contributed by atoms with van der Waals surface area (Å²) in [6, 6.07) is 8.33. The molecule has 0 amide bonds. The van der Waals surface area contributed by atoms with Crippen molar-refractivity contribution in [2.24, 2.45) is 5.92 Å². The fourth-order valence-electron chi connectivity index (χ4n) is 2.44. The predicted molar refractivity (Wildman–Crippen MR) is 71.5 cm³/mol. The van der Waals surface area contributed by atoms with E-state index in [0.717, 1.165) is 32.8 Å². The van der Waals surface area contributed by atoms with E-state index in [1.54, 1.807) is 0 Å². The number of hydrogen-bond donors (Lipinski definition) is 1. The summed E-state index contributed by atoms with van der Waals surface area (Å²) in [5, 5.41) is 9.12. The summed E-state index contributed by atoms with van der Waals surface area (Å²) in [5.41, 5.74) is 1.21. The van der Waals surface area contributed by atoms with E-state index in [4.69, 9.17) is 4.74 Å². The SMILES string of the molecule is c1ccc2c(c1)cnn2CCNCC1CCOC1. The van der Waals surface area contributed by atoms with Crippen LogP contribution in [0.25, 0.3) is 10.9 Å². The summed E-state index contributed by atoms with van der Waals surface area (Å²) in [6.45, 7) is 4.77. The van der Waals surface area contributed by atoms with Crippen LogP contribution in [0.5, 0.6) is 0 Å². The van der Waals surface area contributed by atoms with Crippen molar-refractivity contribution in [2.45, 2.75) is 13.0 Å². The number of benzene rings is 1. The van der Waals surface area contributed by atoms with Crippen molar-refractivity contribution < 1.29 is 4.74 Å². The lowest BCUT2D eigenvalue weighted by Gasteiger charge is -2.09. The van der Waals surface area contributed by atoms with Crippen LogP contribution in [0.1, 0.15) is 6.42 Å². The second-order valence-corrected chi connectivity index (χ2v) is 4.86. The summed E-state index contributed by atoms with van der Waals surface area (Å²) in [7, 11) is 0. The Kier molecular flexibility index (Phi) is 3.57. The number of hydrogen-bond acceptors (Lipinski definition) is 3.